The third-order valence-corrected chi connectivity index (χ3v) is 5.34. The first-order valence-electron chi connectivity index (χ1n) is 9.15. The molecule has 0 unspecified atom stereocenters. The normalized spacial score (nSPS) is 16.3. The molecule has 1 heterocycles. The Kier molecular flexibility index (Phi) is 6.43. The summed E-state index contributed by atoms with van der Waals surface area (Å²) in [6, 6.07) is 12.5. The topological polar surface area (TPSA) is 61.9 Å². The van der Waals surface area contributed by atoms with Gasteiger partial charge >= 0.3 is 0 Å². The van der Waals surface area contributed by atoms with Crippen LogP contribution in [-0.2, 0) is 16.0 Å². The van der Waals surface area contributed by atoms with Crippen LogP contribution in [0.15, 0.2) is 48.5 Å². The summed E-state index contributed by atoms with van der Waals surface area (Å²) >= 11 is 5.41. The van der Waals surface area contributed by atoms with Gasteiger partial charge < -0.3 is 15.0 Å². The van der Waals surface area contributed by atoms with E-state index in [4.69, 9.17) is 17.0 Å². The lowest BCUT2D eigenvalue weighted by atomic mass is 10.1. The number of carbonyl (C=O) groups excluding carboxylic acids is 2. The summed E-state index contributed by atoms with van der Waals surface area (Å²) in [5.74, 6) is -0.150. The van der Waals surface area contributed by atoms with Crippen molar-refractivity contribution in [1.82, 2.24) is 9.80 Å². The highest BCUT2D eigenvalue weighted by Gasteiger charge is 2.41. The number of rotatable bonds is 7. The fraction of sp³-hybridized carbons (Fsp3) is 0.286. The van der Waals surface area contributed by atoms with E-state index < -0.39 is 6.04 Å². The fourth-order valence-electron chi connectivity index (χ4n) is 3.19. The van der Waals surface area contributed by atoms with Crippen molar-refractivity contribution in [3.8, 4) is 5.75 Å². The van der Waals surface area contributed by atoms with Crippen LogP contribution in [-0.4, -0.2) is 53.5 Å². The molecule has 152 valence electrons. The number of carbonyl (C=O) groups is 2. The number of benzene rings is 2. The second-order valence-electron chi connectivity index (χ2n) is 6.75. The maximum atomic E-state index is 13.0. The van der Waals surface area contributed by atoms with E-state index in [1.807, 2.05) is 24.3 Å². The van der Waals surface area contributed by atoms with Gasteiger partial charge in [0, 0.05) is 19.3 Å². The van der Waals surface area contributed by atoms with Crippen LogP contribution in [0.1, 0.15) is 12.0 Å². The molecule has 1 N–H and O–H groups in total. The maximum absolute atomic E-state index is 13.0. The van der Waals surface area contributed by atoms with E-state index in [1.165, 1.54) is 29.2 Å². The number of halogens is 1. The Labute approximate surface area is 174 Å². The van der Waals surface area contributed by atoms with Crippen molar-refractivity contribution < 1.29 is 18.7 Å². The van der Waals surface area contributed by atoms with Gasteiger partial charge in [0.05, 0.1) is 13.5 Å². The Morgan fingerprint density at radius 1 is 1.17 bits per heavy atom. The van der Waals surface area contributed by atoms with Crippen LogP contribution in [0, 0.1) is 5.82 Å². The molecule has 2 aromatic carbocycles. The van der Waals surface area contributed by atoms with E-state index in [0.29, 0.717) is 23.8 Å². The molecule has 2 aromatic rings. The Balaban J connectivity index is 1.65. The van der Waals surface area contributed by atoms with Crippen LogP contribution >= 0.6 is 12.2 Å². The molecule has 29 heavy (non-hydrogen) atoms. The molecule has 2 amide bonds. The molecule has 1 atom stereocenters. The number of hydrogen-bond donors (Lipinski definition) is 1. The molecule has 3 rings (SSSR count). The molecule has 8 heteroatoms. The zero-order chi connectivity index (χ0) is 21.0. The zero-order valence-electron chi connectivity index (χ0n) is 16.2. The number of nitrogens with zero attached hydrogens (tertiary/aromatic N) is 2. The number of nitrogens with one attached hydrogen (secondary N) is 1. The highest BCUT2D eigenvalue weighted by Crippen LogP contribution is 2.21. The first-order chi connectivity index (χ1) is 13.9. The second-order valence-corrected chi connectivity index (χ2v) is 7.11. The first-order valence-corrected chi connectivity index (χ1v) is 9.56. The monoisotopic (exact) mass is 415 g/mol. The molecule has 0 saturated carbocycles. The lowest BCUT2D eigenvalue weighted by Crippen LogP contribution is -2.39. The molecule has 0 aliphatic carbocycles. The predicted molar refractivity (Wildman–Crippen MR) is 112 cm³/mol. The van der Waals surface area contributed by atoms with E-state index in [-0.39, 0.29) is 24.1 Å². The number of thiocarbonyl (C=S) groups is 1. The average Bonchev–Trinajstić information content (AvgIpc) is 2.92. The van der Waals surface area contributed by atoms with Crippen molar-refractivity contribution in [1.29, 1.82) is 0 Å². The summed E-state index contributed by atoms with van der Waals surface area (Å²) in [7, 11) is 3.23. The molecule has 0 spiro atoms. The van der Waals surface area contributed by atoms with Crippen LogP contribution < -0.4 is 10.1 Å². The molecule has 0 radical (unpaired) electrons. The summed E-state index contributed by atoms with van der Waals surface area (Å²) in [6.07, 6.45) is 0.630. The van der Waals surface area contributed by atoms with Gasteiger partial charge in [-0.05, 0) is 60.6 Å². The molecule has 1 aliphatic rings. The van der Waals surface area contributed by atoms with Crippen molar-refractivity contribution in [2.45, 2.75) is 18.9 Å². The average molecular weight is 415 g/mol. The second kappa shape index (κ2) is 9.00. The third kappa shape index (κ3) is 4.89. The molecule has 0 aromatic heterocycles. The van der Waals surface area contributed by atoms with E-state index in [0.717, 1.165) is 11.3 Å². The first kappa shape index (κ1) is 20.7. The number of amides is 2. The van der Waals surface area contributed by atoms with Gasteiger partial charge in [-0.25, -0.2) is 4.39 Å². The summed E-state index contributed by atoms with van der Waals surface area (Å²) < 4.78 is 18.2. The van der Waals surface area contributed by atoms with Gasteiger partial charge in [0.1, 0.15) is 17.6 Å². The lowest BCUT2D eigenvalue weighted by molar-refractivity contribution is -0.130. The Morgan fingerprint density at radius 3 is 2.45 bits per heavy atom. The highest BCUT2D eigenvalue weighted by molar-refractivity contribution is 7.80. The molecular formula is C21H22FN3O3S. The van der Waals surface area contributed by atoms with Crippen molar-refractivity contribution in [2.75, 3.05) is 26.0 Å². The van der Waals surface area contributed by atoms with Crippen LogP contribution in [0.4, 0.5) is 10.1 Å². The van der Waals surface area contributed by atoms with Crippen LogP contribution in [0.25, 0.3) is 0 Å². The van der Waals surface area contributed by atoms with Crippen molar-refractivity contribution in [2.24, 2.45) is 0 Å². The van der Waals surface area contributed by atoms with Gasteiger partial charge in [-0.15, -0.1) is 0 Å². The molecular weight excluding hydrogens is 393 g/mol. The van der Waals surface area contributed by atoms with Crippen LogP contribution in [0.5, 0.6) is 5.75 Å². The summed E-state index contributed by atoms with van der Waals surface area (Å²) in [4.78, 5) is 28.2. The third-order valence-electron chi connectivity index (χ3n) is 4.83. The quantitative estimate of drug-likeness (QED) is 0.705. The minimum atomic E-state index is -0.661. The minimum absolute atomic E-state index is 0.0384. The van der Waals surface area contributed by atoms with Gasteiger partial charge in [0.15, 0.2) is 5.11 Å². The maximum Gasteiger partial charge on any atom is 0.251 e. The summed E-state index contributed by atoms with van der Waals surface area (Å²) in [5, 5.41) is 3.10. The largest absolute Gasteiger partial charge is 0.497 e. The molecule has 1 saturated heterocycles. The fourth-order valence-corrected chi connectivity index (χ4v) is 3.50. The van der Waals surface area contributed by atoms with Crippen molar-refractivity contribution in [3.63, 3.8) is 0 Å². The Bertz CT molecular complexity index is 902. The van der Waals surface area contributed by atoms with Crippen molar-refractivity contribution >= 4 is 34.8 Å². The van der Waals surface area contributed by atoms with E-state index in [1.54, 1.807) is 19.1 Å². The van der Waals surface area contributed by atoms with Gasteiger partial charge in [-0.2, -0.15) is 0 Å². The van der Waals surface area contributed by atoms with E-state index in [2.05, 4.69) is 5.32 Å². The summed E-state index contributed by atoms with van der Waals surface area (Å²) in [6.45, 7) is 0.510. The number of ether oxygens (including phenoxy) is 1. The number of likely N-dealkylation sites (N-methyl/N-ethyl adjacent to an activating group) is 1. The van der Waals surface area contributed by atoms with Gasteiger partial charge in [0.25, 0.3) is 5.91 Å². The van der Waals surface area contributed by atoms with Crippen LogP contribution in [0.2, 0.25) is 0 Å². The molecule has 0 bridgehead atoms. The lowest BCUT2D eigenvalue weighted by Gasteiger charge is -2.23. The molecule has 6 nitrogen and oxygen atoms in total. The molecule has 1 aliphatic heterocycles. The zero-order valence-corrected chi connectivity index (χ0v) is 17.0. The van der Waals surface area contributed by atoms with E-state index in [9.17, 15) is 14.0 Å². The highest BCUT2D eigenvalue weighted by atomic mass is 32.1. The predicted octanol–water partition coefficient (Wildman–Crippen LogP) is 2.83. The smallest absolute Gasteiger partial charge is 0.251 e. The SMILES string of the molecule is COc1ccc(CCN2C(=S)N(C)C(=O)[C@H]2CC(=O)Nc2ccc(F)cc2)cc1. The molecule has 1 fully saturated rings. The Hall–Kier alpha value is -3.00. The number of anilines is 1. The van der Waals surface area contributed by atoms with E-state index >= 15 is 0 Å². The minimum Gasteiger partial charge on any atom is -0.497 e. The standard InChI is InChI=1S/C21H22FN3O3S/c1-24-20(27)18(13-19(26)23-16-7-5-15(22)6-8-16)25(21(24)29)12-11-14-3-9-17(28-2)10-4-14/h3-10,18H,11-13H2,1-2H3,(H,23,26)/t18-/m1/s1. The van der Waals surface area contributed by atoms with Crippen molar-refractivity contribution in [3.05, 3.63) is 59.9 Å². The van der Waals surface area contributed by atoms with Gasteiger partial charge in [-0.3, -0.25) is 14.5 Å². The number of methoxy groups -OCH3 is 1. The summed E-state index contributed by atoms with van der Waals surface area (Å²) in [5.41, 5.74) is 1.55. The number of hydrogen-bond acceptors (Lipinski definition) is 4. The van der Waals surface area contributed by atoms with Gasteiger partial charge in [-0.1, -0.05) is 12.1 Å². The van der Waals surface area contributed by atoms with Gasteiger partial charge in [0.2, 0.25) is 5.91 Å². The van der Waals surface area contributed by atoms with Crippen LogP contribution in [0.3, 0.4) is 0 Å². The Morgan fingerprint density at radius 2 is 1.83 bits per heavy atom.